The van der Waals surface area contributed by atoms with Crippen molar-refractivity contribution in [1.29, 1.82) is 0 Å². The van der Waals surface area contributed by atoms with Crippen molar-refractivity contribution in [2.75, 3.05) is 6.61 Å². The number of rotatable bonds is 5. The van der Waals surface area contributed by atoms with E-state index in [4.69, 9.17) is 9.84 Å². The van der Waals surface area contributed by atoms with Crippen LogP contribution in [0.3, 0.4) is 0 Å². The molecular weight excluding hydrogens is 267 g/mol. The zero-order valence-corrected chi connectivity index (χ0v) is 11.7. The summed E-state index contributed by atoms with van der Waals surface area (Å²) in [7, 11) is 0. The molecular formula is C18H17FO2. The molecule has 0 fully saturated rings. The first-order chi connectivity index (χ1) is 10.3. The highest BCUT2D eigenvalue weighted by molar-refractivity contribution is 5.36. The predicted molar refractivity (Wildman–Crippen MR) is 79.9 cm³/mol. The molecule has 0 radical (unpaired) electrons. The molecule has 0 saturated carbocycles. The van der Waals surface area contributed by atoms with Crippen molar-refractivity contribution in [3.05, 3.63) is 71.0 Å². The summed E-state index contributed by atoms with van der Waals surface area (Å²) in [5, 5.41) is 8.65. The van der Waals surface area contributed by atoms with Gasteiger partial charge in [0, 0.05) is 17.5 Å². The maximum absolute atomic E-state index is 13.4. The number of benzene rings is 2. The number of hydrogen-bond acceptors (Lipinski definition) is 2. The van der Waals surface area contributed by atoms with E-state index in [0.29, 0.717) is 18.6 Å². The van der Waals surface area contributed by atoms with Crippen molar-refractivity contribution < 1.29 is 14.2 Å². The van der Waals surface area contributed by atoms with Crippen LogP contribution in [-0.4, -0.2) is 11.7 Å². The summed E-state index contributed by atoms with van der Waals surface area (Å²) >= 11 is 0. The second-order valence-corrected chi connectivity index (χ2v) is 4.56. The Morgan fingerprint density at radius 2 is 1.76 bits per heavy atom. The van der Waals surface area contributed by atoms with Gasteiger partial charge in [-0.15, -0.1) is 0 Å². The number of ether oxygens (including phenoxy) is 1. The van der Waals surface area contributed by atoms with Gasteiger partial charge in [0.25, 0.3) is 0 Å². The molecule has 21 heavy (non-hydrogen) atoms. The first kappa shape index (κ1) is 15.2. The van der Waals surface area contributed by atoms with Crippen LogP contribution in [0.1, 0.15) is 23.1 Å². The van der Waals surface area contributed by atoms with E-state index in [9.17, 15) is 4.39 Å². The van der Waals surface area contributed by atoms with Crippen molar-refractivity contribution in [3.8, 4) is 11.8 Å². The van der Waals surface area contributed by atoms with E-state index in [1.807, 2.05) is 24.3 Å². The van der Waals surface area contributed by atoms with Gasteiger partial charge in [0.1, 0.15) is 5.82 Å². The van der Waals surface area contributed by atoms with E-state index in [1.165, 1.54) is 6.07 Å². The average molecular weight is 284 g/mol. The largest absolute Gasteiger partial charge is 0.395 e. The van der Waals surface area contributed by atoms with Crippen molar-refractivity contribution >= 4 is 0 Å². The maximum Gasteiger partial charge on any atom is 0.128 e. The quantitative estimate of drug-likeness (QED) is 0.854. The van der Waals surface area contributed by atoms with Crippen molar-refractivity contribution in [3.63, 3.8) is 0 Å². The Hall–Kier alpha value is -2.15. The fraction of sp³-hybridized carbons (Fsp3) is 0.222. The van der Waals surface area contributed by atoms with Gasteiger partial charge in [-0.1, -0.05) is 42.2 Å². The van der Waals surface area contributed by atoms with Gasteiger partial charge in [0.05, 0.1) is 19.8 Å². The Balaban J connectivity index is 1.84. The minimum Gasteiger partial charge on any atom is -0.395 e. The molecule has 1 N–H and O–H groups in total. The summed E-state index contributed by atoms with van der Waals surface area (Å²) in [6.45, 7) is 0.762. The van der Waals surface area contributed by atoms with Crippen LogP contribution in [0.4, 0.5) is 4.39 Å². The summed E-state index contributed by atoms with van der Waals surface area (Å²) in [5.74, 6) is 5.59. The number of hydrogen-bond donors (Lipinski definition) is 1. The highest BCUT2D eigenvalue weighted by Gasteiger charge is 2.00. The molecule has 0 atom stereocenters. The smallest absolute Gasteiger partial charge is 0.128 e. The molecule has 0 aliphatic heterocycles. The Labute approximate surface area is 124 Å². The molecule has 0 amide bonds. The Morgan fingerprint density at radius 3 is 2.48 bits per heavy atom. The molecule has 2 rings (SSSR count). The third-order valence-corrected chi connectivity index (χ3v) is 2.91. The lowest BCUT2D eigenvalue weighted by Gasteiger charge is -2.05. The van der Waals surface area contributed by atoms with Crippen LogP contribution >= 0.6 is 0 Å². The molecule has 108 valence electrons. The number of aliphatic hydroxyl groups excluding tert-OH is 1. The zero-order valence-electron chi connectivity index (χ0n) is 11.7. The molecule has 0 unspecified atom stereocenters. The second-order valence-electron chi connectivity index (χ2n) is 4.56. The highest BCUT2D eigenvalue weighted by Crippen LogP contribution is 2.10. The van der Waals surface area contributed by atoms with Crippen molar-refractivity contribution in [1.82, 2.24) is 0 Å². The minimum absolute atomic E-state index is 0.0783. The SMILES string of the molecule is OCCC#Cc1ccc(COCc2ccccc2F)cc1. The summed E-state index contributed by atoms with van der Waals surface area (Å²) in [5.41, 5.74) is 2.48. The van der Waals surface area contributed by atoms with E-state index in [2.05, 4.69) is 11.8 Å². The van der Waals surface area contributed by atoms with E-state index < -0.39 is 0 Å². The van der Waals surface area contributed by atoms with Gasteiger partial charge in [-0.2, -0.15) is 0 Å². The topological polar surface area (TPSA) is 29.5 Å². The van der Waals surface area contributed by atoms with Gasteiger partial charge in [-0.3, -0.25) is 0 Å². The van der Waals surface area contributed by atoms with Gasteiger partial charge in [0.15, 0.2) is 0 Å². The Kier molecular flexibility index (Phi) is 5.96. The molecule has 0 bridgehead atoms. The lowest BCUT2D eigenvalue weighted by atomic mass is 10.1. The van der Waals surface area contributed by atoms with E-state index in [-0.39, 0.29) is 19.0 Å². The van der Waals surface area contributed by atoms with Crippen LogP contribution in [0.25, 0.3) is 0 Å². The van der Waals surface area contributed by atoms with Gasteiger partial charge in [-0.25, -0.2) is 4.39 Å². The first-order valence-electron chi connectivity index (χ1n) is 6.79. The molecule has 0 heterocycles. The van der Waals surface area contributed by atoms with Crippen LogP contribution in [-0.2, 0) is 18.0 Å². The third kappa shape index (κ3) is 5.03. The van der Waals surface area contributed by atoms with Crippen LogP contribution in [0, 0.1) is 17.7 Å². The van der Waals surface area contributed by atoms with Gasteiger partial charge >= 0.3 is 0 Å². The minimum atomic E-state index is -0.244. The maximum atomic E-state index is 13.4. The van der Waals surface area contributed by atoms with E-state index in [1.54, 1.807) is 18.2 Å². The molecule has 0 aliphatic rings. The summed E-state index contributed by atoms with van der Waals surface area (Å²) < 4.78 is 18.9. The van der Waals surface area contributed by atoms with E-state index in [0.717, 1.165) is 11.1 Å². The molecule has 2 aromatic rings. The lowest BCUT2D eigenvalue weighted by molar-refractivity contribution is 0.105. The average Bonchev–Trinajstić information content (AvgIpc) is 2.51. The monoisotopic (exact) mass is 284 g/mol. The highest BCUT2D eigenvalue weighted by atomic mass is 19.1. The second kappa shape index (κ2) is 8.21. The Morgan fingerprint density at radius 1 is 1.00 bits per heavy atom. The van der Waals surface area contributed by atoms with Crippen molar-refractivity contribution in [2.24, 2.45) is 0 Å². The fourth-order valence-corrected chi connectivity index (χ4v) is 1.80. The zero-order chi connectivity index (χ0) is 14.9. The summed E-state index contributed by atoms with van der Waals surface area (Å²) in [6.07, 6.45) is 0.480. The lowest BCUT2D eigenvalue weighted by Crippen LogP contribution is -1.96. The van der Waals surface area contributed by atoms with E-state index >= 15 is 0 Å². The molecule has 2 aromatic carbocycles. The molecule has 0 aromatic heterocycles. The molecule has 3 heteroatoms. The fourth-order valence-electron chi connectivity index (χ4n) is 1.80. The standard InChI is InChI=1S/C18H17FO2/c19-18-7-2-1-6-17(18)14-21-13-16-10-8-15(9-11-16)5-3-4-12-20/h1-2,6-11,20H,4,12-14H2. The summed E-state index contributed by atoms with van der Waals surface area (Å²) in [6, 6.07) is 14.3. The predicted octanol–water partition coefficient (Wildman–Crippen LogP) is 3.28. The molecule has 2 nitrogen and oxygen atoms in total. The molecule has 0 saturated heterocycles. The number of halogens is 1. The van der Waals surface area contributed by atoms with Crippen molar-refractivity contribution in [2.45, 2.75) is 19.6 Å². The molecule has 0 spiro atoms. The van der Waals surface area contributed by atoms with Crippen LogP contribution in [0.5, 0.6) is 0 Å². The van der Waals surface area contributed by atoms with Crippen LogP contribution in [0.2, 0.25) is 0 Å². The van der Waals surface area contributed by atoms with Gasteiger partial charge < -0.3 is 9.84 Å². The first-order valence-corrected chi connectivity index (χ1v) is 6.79. The van der Waals surface area contributed by atoms with Crippen LogP contribution in [0.15, 0.2) is 48.5 Å². The normalized spacial score (nSPS) is 10.0. The number of aliphatic hydroxyl groups is 1. The molecule has 0 aliphatic carbocycles. The summed E-state index contributed by atoms with van der Waals surface area (Å²) in [4.78, 5) is 0. The van der Waals surface area contributed by atoms with Gasteiger partial charge in [-0.05, 0) is 23.8 Å². The Bertz CT molecular complexity index is 624. The van der Waals surface area contributed by atoms with Crippen LogP contribution < -0.4 is 0 Å². The third-order valence-electron chi connectivity index (χ3n) is 2.91. The van der Waals surface area contributed by atoms with Gasteiger partial charge in [0.2, 0.25) is 0 Å².